The molecule has 2 heterocycles. The van der Waals surface area contributed by atoms with Gasteiger partial charge in [-0.25, -0.2) is 4.79 Å². The molecular weight excluding hydrogens is 400 g/mol. The molecule has 0 radical (unpaired) electrons. The third-order valence-electron chi connectivity index (χ3n) is 6.04. The van der Waals surface area contributed by atoms with E-state index in [1.807, 2.05) is 27.3 Å². The number of aromatic nitrogens is 6. The van der Waals surface area contributed by atoms with Gasteiger partial charge in [0.15, 0.2) is 0 Å². The van der Waals surface area contributed by atoms with E-state index >= 15 is 0 Å². The summed E-state index contributed by atoms with van der Waals surface area (Å²) in [7, 11) is 0. The molecule has 2 aromatic carbocycles. The van der Waals surface area contributed by atoms with Crippen LogP contribution in [0.2, 0.25) is 0 Å². The number of para-hydroxylation sites is 1. The van der Waals surface area contributed by atoms with Gasteiger partial charge in [-0.15, -0.1) is 5.10 Å². The average Bonchev–Trinajstić information content (AvgIpc) is 3.47. The van der Waals surface area contributed by atoms with Crippen LogP contribution in [0, 0.1) is 0 Å². The fraction of sp³-hybridized carbons (Fsp3) is 0.360. The molecule has 1 unspecified atom stereocenters. The first-order valence-corrected chi connectivity index (χ1v) is 11.3. The van der Waals surface area contributed by atoms with Gasteiger partial charge in [0.05, 0.1) is 12.2 Å². The number of tetrazole rings is 1. The van der Waals surface area contributed by atoms with Gasteiger partial charge in [-0.05, 0) is 53.8 Å². The second-order valence-corrected chi connectivity index (χ2v) is 8.23. The lowest BCUT2D eigenvalue weighted by Gasteiger charge is -2.11. The van der Waals surface area contributed by atoms with E-state index in [0.717, 1.165) is 53.8 Å². The average molecular weight is 431 g/mol. The highest BCUT2D eigenvalue weighted by Crippen LogP contribution is 2.26. The topological polar surface area (TPSA) is 70.5 Å². The van der Waals surface area contributed by atoms with Gasteiger partial charge in [0, 0.05) is 23.5 Å². The van der Waals surface area contributed by atoms with Gasteiger partial charge in [0.1, 0.15) is 6.33 Å². The van der Waals surface area contributed by atoms with Crippen molar-refractivity contribution in [2.24, 2.45) is 0 Å². The quantitative estimate of drug-likeness (QED) is 0.387. The fourth-order valence-electron chi connectivity index (χ4n) is 3.95. The molecule has 2 aromatic heterocycles. The van der Waals surface area contributed by atoms with Crippen molar-refractivity contribution in [1.29, 1.82) is 0 Å². The molecule has 0 aliphatic rings. The van der Waals surface area contributed by atoms with Gasteiger partial charge in [-0.3, -0.25) is 9.13 Å². The number of aryl methyl sites for hydroxylation is 1. The zero-order valence-electron chi connectivity index (χ0n) is 19.0. The first-order chi connectivity index (χ1) is 15.6. The molecule has 0 saturated heterocycles. The van der Waals surface area contributed by atoms with E-state index in [1.165, 1.54) is 0 Å². The Kier molecular flexibility index (Phi) is 6.63. The van der Waals surface area contributed by atoms with E-state index in [2.05, 4.69) is 72.8 Å². The summed E-state index contributed by atoms with van der Waals surface area (Å²) in [6.07, 6.45) is 7.70. The SMILES string of the molecule is CCCCc1cn(C(C)CC)c(=O)n1Cc1ccc(-c2ccccc2-n2cnnn2)cc1. The van der Waals surface area contributed by atoms with Crippen molar-refractivity contribution in [2.75, 3.05) is 0 Å². The molecule has 166 valence electrons. The van der Waals surface area contributed by atoms with E-state index < -0.39 is 0 Å². The van der Waals surface area contributed by atoms with Crippen LogP contribution in [0.25, 0.3) is 16.8 Å². The summed E-state index contributed by atoms with van der Waals surface area (Å²) in [6, 6.07) is 16.6. The van der Waals surface area contributed by atoms with Crippen molar-refractivity contribution >= 4 is 0 Å². The molecule has 32 heavy (non-hydrogen) atoms. The lowest BCUT2D eigenvalue weighted by atomic mass is 10.0. The van der Waals surface area contributed by atoms with Gasteiger partial charge in [-0.2, -0.15) is 4.68 Å². The number of hydrogen-bond donors (Lipinski definition) is 0. The molecule has 0 fully saturated rings. The Morgan fingerprint density at radius 1 is 1.03 bits per heavy atom. The number of nitrogens with zero attached hydrogens (tertiary/aromatic N) is 6. The minimum absolute atomic E-state index is 0.0820. The summed E-state index contributed by atoms with van der Waals surface area (Å²) < 4.78 is 5.49. The summed E-state index contributed by atoms with van der Waals surface area (Å²) in [5, 5.41) is 11.5. The van der Waals surface area contributed by atoms with E-state index in [1.54, 1.807) is 11.0 Å². The van der Waals surface area contributed by atoms with Gasteiger partial charge < -0.3 is 0 Å². The molecular formula is C25H30N6O. The van der Waals surface area contributed by atoms with Crippen LogP contribution < -0.4 is 5.69 Å². The van der Waals surface area contributed by atoms with Crippen molar-refractivity contribution in [1.82, 2.24) is 29.3 Å². The molecule has 4 rings (SSSR count). The van der Waals surface area contributed by atoms with Crippen molar-refractivity contribution in [3.63, 3.8) is 0 Å². The van der Waals surface area contributed by atoms with Crippen LogP contribution in [-0.2, 0) is 13.0 Å². The Hall–Kier alpha value is -3.48. The highest BCUT2D eigenvalue weighted by molar-refractivity contribution is 5.72. The number of hydrogen-bond acceptors (Lipinski definition) is 4. The maximum atomic E-state index is 13.1. The van der Waals surface area contributed by atoms with Gasteiger partial charge in [-0.1, -0.05) is 62.7 Å². The van der Waals surface area contributed by atoms with Crippen LogP contribution in [0.1, 0.15) is 57.3 Å². The van der Waals surface area contributed by atoms with Crippen molar-refractivity contribution in [3.05, 3.63) is 82.8 Å². The summed E-state index contributed by atoms with van der Waals surface area (Å²) in [5.41, 5.74) is 5.36. The van der Waals surface area contributed by atoms with E-state index in [-0.39, 0.29) is 11.7 Å². The van der Waals surface area contributed by atoms with Crippen LogP contribution in [0.3, 0.4) is 0 Å². The van der Waals surface area contributed by atoms with Gasteiger partial charge in [0.2, 0.25) is 0 Å². The number of unbranched alkanes of at least 4 members (excludes halogenated alkanes) is 1. The third-order valence-corrected chi connectivity index (χ3v) is 6.04. The Balaban J connectivity index is 1.63. The lowest BCUT2D eigenvalue weighted by molar-refractivity contribution is 0.504. The number of benzene rings is 2. The van der Waals surface area contributed by atoms with Crippen molar-refractivity contribution in [2.45, 2.75) is 59.0 Å². The highest BCUT2D eigenvalue weighted by atomic mass is 16.1. The van der Waals surface area contributed by atoms with Crippen molar-refractivity contribution in [3.8, 4) is 16.8 Å². The minimum Gasteiger partial charge on any atom is -0.296 e. The second kappa shape index (κ2) is 9.77. The van der Waals surface area contributed by atoms with Crippen LogP contribution in [0.5, 0.6) is 0 Å². The van der Waals surface area contributed by atoms with Crippen molar-refractivity contribution < 1.29 is 0 Å². The highest BCUT2D eigenvalue weighted by Gasteiger charge is 2.15. The molecule has 0 N–H and O–H groups in total. The Labute approximate surface area is 188 Å². The van der Waals surface area contributed by atoms with Crippen LogP contribution in [0.15, 0.2) is 65.8 Å². The minimum atomic E-state index is 0.0820. The number of imidazole rings is 1. The molecule has 7 nitrogen and oxygen atoms in total. The van der Waals surface area contributed by atoms with E-state index in [9.17, 15) is 4.79 Å². The monoisotopic (exact) mass is 430 g/mol. The van der Waals surface area contributed by atoms with E-state index in [4.69, 9.17) is 0 Å². The molecule has 0 spiro atoms. The standard InChI is InChI=1S/C25H30N6O/c1-4-6-9-22-17-29(19(3)5-2)25(32)30(22)16-20-12-14-21(15-13-20)23-10-7-8-11-24(23)31-18-26-27-28-31/h7-8,10-15,17-19H,4-6,9,16H2,1-3H3. The molecule has 1 atom stereocenters. The summed E-state index contributed by atoms with van der Waals surface area (Å²) in [6.45, 7) is 6.98. The molecule has 0 bridgehead atoms. The largest absolute Gasteiger partial charge is 0.328 e. The second-order valence-electron chi connectivity index (χ2n) is 8.23. The maximum absolute atomic E-state index is 13.1. The molecule has 4 aromatic rings. The molecule has 0 amide bonds. The number of rotatable bonds is 9. The molecule has 0 aliphatic carbocycles. The first kappa shape index (κ1) is 21.7. The lowest BCUT2D eigenvalue weighted by Crippen LogP contribution is -2.27. The van der Waals surface area contributed by atoms with Gasteiger partial charge in [0.25, 0.3) is 0 Å². The predicted octanol–water partition coefficient (Wildman–Crippen LogP) is 4.65. The van der Waals surface area contributed by atoms with Crippen LogP contribution in [-0.4, -0.2) is 29.3 Å². The zero-order valence-corrected chi connectivity index (χ0v) is 19.0. The summed E-state index contributed by atoms with van der Waals surface area (Å²) in [5.74, 6) is 0. The Bertz CT molecular complexity index is 1200. The zero-order chi connectivity index (χ0) is 22.5. The Morgan fingerprint density at radius 2 is 1.81 bits per heavy atom. The smallest absolute Gasteiger partial charge is 0.296 e. The predicted molar refractivity (Wildman–Crippen MR) is 126 cm³/mol. The van der Waals surface area contributed by atoms with Crippen LogP contribution >= 0.6 is 0 Å². The molecule has 7 heteroatoms. The fourth-order valence-corrected chi connectivity index (χ4v) is 3.95. The normalized spacial score (nSPS) is 12.2. The van der Waals surface area contributed by atoms with Crippen LogP contribution in [0.4, 0.5) is 0 Å². The Morgan fingerprint density at radius 3 is 2.50 bits per heavy atom. The third kappa shape index (κ3) is 4.42. The summed E-state index contributed by atoms with van der Waals surface area (Å²) >= 11 is 0. The summed E-state index contributed by atoms with van der Waals surface area (Å²) in [4.78, 5) is 13.1. The van der Waals surface area contributed by atoms with Gasteiger partial charge >= 0.3 is 5.69 Å². The van der Waals surface area contributed by atoms with E-state index in [0.29, 0.717) is 6.54 Å². The first-order valence-electron chi connectivity index (χ1n) is 11.3. The molecule has 0 saturated carbocycles. The maximum Gasteiger partial charge on any atom is 0.328 e. The molecule has 0 aliphatic heterocycles.